The summed E-state index contributed by atoms with van der Waals surface area (Å²) in [5.74, 6) is 0. The van der Waals surface area contributed by atoms with Gasteiger partial charge in [-0.15, -0.1) is 0 Å². The van der Waals surface area contributed by atoms with E-state index in [4.69, 9.17) is 0 Å². The second kappa shape index (κ2) is 4.71. The molecule has 0 aliphatic rings. The third-order valence-corrected chi connectivity index (χ3v) is 2.33. The summed E-state index contributed by atoms with van der Waals surface area (Å²) in [5, 5.41) is 7.94. The fourth-order valence-electron chi connectivity index (χ4n) is 1.60. The fourth-order valence-corrected chi connectivity index (χ4v) is 1.60. The SMILES string of the molecule is C=C(C)Cc1ccc(-c2cccnn2)cc1. The Morgan fingerprint density at radius 2 is 1.94 bits per heavy atom. The quantitative estimate of drug-likeness (QED) is 0.727. The molecule has 0 atom stereocenters. The van der Waals surface area contributed by atoms with Gasteiger partial charge in [-0.2, -0.15) is 10.2 Å². The normalized spacial score (nSPS) is 10.1. The van der Waals surface area contributed by atoms with Crippen molar-refractivity contribution >= 4 is 0 Å². The van der Waals surface area contributed by atoms with Crippen LogP contribution in [0.2, 0.25) is 0 Å². The molecule has 0 aliphatic heterocycles. The second-order valence-corrected chi connectivity index (χ2v) is 3.94. The molecular formula is C14H14N2. The van der Waals surface area contributed by atoms with E-state index in [-0.39, 0.29) is 0 Å². The van der Waals surface area contributed by atoms with E-state index in [1.807, 2.05) is 19.1 Å². The van der Waals surface area contributed by atoms with E-state index in [1.165, 1.54) is 11.1 Å². The van der Waals surface area contributed by atoms with E-state index in [2.05, 4.69) is 41.0 Å². The minimum Gasteiger partial charge on any atom is -0.159 e. The Morgan fingerprint density at radius 1 is 1.19 bits per heavy atom. The minimum atomic E-state index is 0.907. The summed E-state index contributed by atoms with van der Waals surface area (Å²) in [6.45, 7) is 5.95. The number of allylic oxidation sites excluding steroid dienone is 1. The highest BCUT2D eigenvalue weighted by Gasteiger charge is 1.99. The fraction of sp³-hybridized carbons (Fsp3) is 0.143. The van der Waals surface area contributed by atoms with E-state index >= 15 is 0 Å². The molecule has 0 fully saturated rings. The van der Waals surface area contributed by atoms with Gasteiger partial charge >= 0.3 is 0 Å². The van der Waals surface area contributed by atoms with Crippen molar-refractivity contribution in [3.05, 3.63) is 60.3 Å². The molecule has 16 heavy (non-hydrogen) atoms. The van der Waals surface area contributed by atoms with Crippen LogP contribution in [0, 0.1) is 0 Å². The molecule has 1 aromatic heterocycles. The highest BCUT2D eigenvalue weighted by molar-refractivity contribution is 5.58. The Bertz CT molecular complexity index is 472. The van der Waals surface area contributed by atoms with Gasteiger partial charge in [0.2, 0.25) is 0 Å². The van der Waals surface area contributed by atoms with E-state index in [0.717, 1.165) is 17.7 Å². The molecule has 0 saturated carbocycles. The highest BCUT2D eigenvalue weighted by atomic mass is 15.1. The predicted molar refractivity (Wildman–Crippen MR) is 66.0 cm³/mol. The number of benzene rings is 1. The van der Waals surface area contributed by atoms with Crippen LogP contribution < -0.4 is 0 Å². The molecule has 0 amide bonds. The summed E-state index contributed by atoms with van der Waals surface area (Å²) in [4.78, 5) is 0. The van der Waals surface area contributed by atoms with Crippen LogP contribution in [-0.4, -0.2) is 10.2 Å². The molecule has 2 heteroatoms. The molecule has 2 nitrogen and oxygen atoms in total. The zero-order valence-corrected chi connectivity index (χ0v) is 9.35. The molecular weight excluding hydrogens is 196 g/mol. The van der Waals surface area contributed by atoms with E-state index in [1.54, 1.807) is 6.20 Å². The Morgan fingerprint density at radius 3 is 2.50 bits per heavy atom. The van der Waals surface area contributed by atoms with Gasteiger partial charge in [0.15, 0.2) is 0 Å². The smallest absolute Gasteiger partial charge is 0.0929 e. The van der Waals surface area contributed by atoms with Crippen molar-refractivity contribution in [1.82, 2.24) is 10.2 Å². The van der Waals surface area contributed by atoms with Crippen LogP contribution in [0.1, 0.15) is 12.5 Å². The van der Waals surface area contributed by atoms with E-state index in [9.17, 15) is 0 Å². The van der Waals surface area contributed by atoms with Gasteiger partial charge < -0.3 is 0 Å². The van der Waals surface area contributed by atoms with Crippen molar-refractivity contribution < 1.29 is 0 Å². The number of rotatable bonds is 3. The first-order chi connectivity index (χ1) is 7.75. The summed E-state index contributed by atoms with van der Waals surface area (Å²) < 4.78 is 0. The maximum Gasteiger partial charge on any atom is 0.0929 e. The molecule has 0 aliphatic carbocycles. The molecule has 0 unspecified atom stereocenters. The molecule has 2 rings (SSSR count). The van der Waals surface area contributed by atoms with E-state index < -0.39 is 0 Å². The average molecular weight is 210 g/mol. The number of aromatic nitrogens is 2. The molecule has 0 N–H and O–H groups in total. The Balaban J connectivity index is 2.23. The van der Waals surface area contributed by atoms with Gasteiger partial charge in [-0.05, 0) is 31.0 Å². The summed E-state index contributed by atoms with van der Waals surface area (Å²) in [7, 11) is 0. The molecule has 80 valence electrons. The third kappa shape index (κ3) is 2.54. The van der Waals surface area contributed by atoms with Crippen molar-refractivity contribution in [1.29, 1.82) is 0 Å². The summed E-state index contributed by atoms with van der Waals surface area (Å²) in [5.41, 5.74) is 4.45. The van der Waals surface area contributed by atoms with Crippen LogP contribution in [0.25, 0.3) is 11.3 Å². The van der Waals surface area contributed by atoms with Gasteiger partial charge in [-0.3, -0.25) is 0 Å². The van der Waals surface area contributed by atoms with Crippen molar-refractivity contribution in [2.45, 2.75) is 13.3 Å². The molecule has 0 radical (unpaired) electrons. The van der Waals surface area contributed by atoms with Crippen LogP contribution in [0.4, 0.5) is 0 Å². The first kappa shape index (κ1) is 10.6. The van der Waals surface area contributed by atoms with Gasteiger partial charge in [-0.1, -0.05) is 36.4 Å². The second-order valence-electron chi connectivity index (χ2n) is 3.94. The third-order valence-electron chi connectivity index (χ3n) is 2.33. The van der Waals surface area contributed by atoms with Crippen molar-refractivity contribution in [2.75, 3.05) is 0 Å². The topological polar surface area (TPSA) is 25.8 Å². The van der Waals surface area contributed by atoms with Crippen molar-refractivity contribution in [2.24, 2.45) is 0 Å². The molecule has 0 spiro atoms. The lowest BCUT2D eigenvalue weighted by molar-refractivity contribution is 1.04. The number of nitrogens with zero attached hydrogens (tertiary/aromatic N) is 2. The molecule has 0 saturated heterocycles. The zero-order valence-electron chi connectivity index (χ0n) is 9.35. The maximum absolute atomic E-state index is 4.07. The lowest BCUT2D eigenvalue weighted by Crippen LogP contribution is -1.88. The van der Waals surface area contributed by atoms with Crippen LogP contribution in [-0.2, 0) is 6.42 Å². The monoisotopic (exact) mass is 210 g/mol. The average Bonchev–Trinajstić information content (AvgIpc) is 2.30. The highest BCUT2D eigenvalue weighted by Crippen LogP contribution is 2.17. The molecule has 1 heterocycles. The van der Waals surface area contributed by atoms with Crippen molar-refractivity contribution in [3.63, 3.8) is 0 Å². The minimum absolute atomic E-state index is 0.907. The largest absolute Gasteiger partial charge is 0.159 e. The van der Waals surface area contributed by atoms with Gasteiger partial charge in [0.1, 0.15) is 0 Å². The molecule has 2 aromatic rings. The summed E-state index contributed by atoms with van der Waals surface area (Å²) >= 11 is 0. The first-order valence-electron chi connectivity index (χ1n) is 5.27. The predicted octanol–water partition coefficient (Wildman–Crippen LogP) is 3.26. The zero-order chi connectivity index (χ0) is 11.4. The van der Waals surface area contributed by atoms with E-state index in [0.29, 0.717) is 0 Å². The van der Waals surface area contributed by atoms with Gasteiger partial charge in [0.25, 0.3) is 0 Å². The van der Waals surface area contributed by atoms with Crippen LogP contribution >= 0.6 is 0 Å². The Labute approximate surface area is 95.7 Å². The van der Waals surface area contributed by atoms with Gasteiger partial charge in [0, 0.05) is 11.8 Å². The standard InChI is InChI=1S/C14H14N2/c1-11(2)10-12-5-7-13(8-6-12)14-4-3-9-15-16-14/h3-9H,1,10H2,2H3. The molecule has 1 aromatic carbocycles. The van der Waals surface area contributed by atoms with Gasteiger partial charge in [0.05, 0.1) is 5.69 Å². The van der Waals surface area contributed by atoms with Crippen LogP contribution in [0.3, 0.4) is 0 Å². The maximum atomic E-state index is 4.07. The summed E-state index contributed by atoms with van der Waals surface area (Å²) in [6.07, 6.45) is 2.61. The van der Waals surface area contributed by atoms with Crippen molar-refractivity contribution in [3.8, 4) is 11.3 Å². The molecule has 0 bridgehead atoms. The van der Waals surface area contributed by atoms with Gasteiger partial charge in [-0.25, -0.2) is 0 Å². The number of hydrogen-bond donors (Lipinski definition) is 0. The first-order valence-corrected chi connectivity index (χ1v) is 5.27. The summed E-state index contributed by atoms with van der Waals surface area (Å²) in [6, 6.07) is 12.2. The number of hydrogen-bond acceptors (Lipinski definition) is 2. The lowest BCUT2D eigenvalue weighted by Gasteiger charge is -2.03. The van der Waals surface area contributed by atoms with Crippen LogP contribution in [0.5, 0.6) is 0 Å². The Kier molecular flexibility index (Phi) is 3.10. The van der Waals surface area contributed by atoms with Crippen LogP contribution in [0.15, 0.2) is 54.7 Å². The lowest BCUT2D eigenvalue weighted by atomic mass is 10.0. The Hall–Kier alpha value is -1.96.